The van der Waals surface area contributed by atoms with Crippen molar-refractivity contribution in [3.63, 3.8) is 0 Å². The second kappa shape index (κ2) is 11.8. The van der Waals surface area contributed by atoms with Crippen LogP contribution in [0.4, 0.5) is 4.79 Å². The molecule has 0 atom stereocenters. The molecule has 178 valence electrons. The predicted octanol–water partition coefficient (Wildman–Crippen LogP) is 4.51. The van der Waals surface area contributed by atoms with Crippen LogP contribution >= 0.6 is 0 Å². The summed E-state index contributed by atoms with van der Waals surface area (Å²) in [6, 6.07) is 21.2. The monoisotopic (exact) mass is 461 g/mol. The molecule has 2 amide bonds. The van der Waals surface area contributed by atoms with Crippen LogP contribution in [0.5, 0.6) is 5.75 Å². The Bertz CT molecular complexity index is 1060. The van der Waals surface area contributed by atoms with Gasteiger partial charge in [-0.3, -0.25) is 9.78 Å². The van der Waals surface area contributed by atoms with Gasteiger partial charge in [-0.2, -0.15) is 0 Å². The third-order valence-corrected chi connectivity index (χ3v) is 4.73. The van der Waals surface area contributed by atoms with Crippen LogP contribution in [-0.4, -0.2) is 35.7 Å². The average Bonchev–Trinajstić information content (AvgIpc) is 2.81. The number of amides is 2. The standard InChI is InChI=1S/C27H31N3O4/c1-27(2,3)34-26(32)28-15-16-33-24-13-10-21(11-14-24)22-9-12-23(29-19-22)17-25(31)30-18-20-7-5-4-6-8-20/h4-14,19H,15-18H2,1-3H3,(H,28,32)(H,30,31). The maximum atomic E-state index is 12.2. The highest BCUT2D eigenvalue weighted by molar-refractivity contribution is 5.78. The Morgan fingerprint density at radius 1 is 0.882 bits per heavy atom. The van der Waals surface area contributed by atoms with E-state index in [0.717, 1.165) is 16.7 Å². The van der Waals surface area contributed by atoms with E-state index in [9.17, 15) is 9.59 Å². The lowest BCUT2D eigenvalue weighted by Crippen LogP contribution is -2.34. The summed E-state index contributed by atoms with van der Waals surface area (Å²) in [5.41, 5.74) is 3.19. The largest absolute Gasteiger partial charge is 0.492 e. The summed E-state index contributed by atoms with van der Waals surface area (Å²) in [5, 5.41) is 5.57. The molecule has 0 spiro atoms. The number of carbonyl (C=O) groups is 2. The van der Waals surface area contributed by atoms with Gasteiger partial charge in [-0.1, -0.05) is 48.5 Å². The number of carbonyl (C=O) groups excluding carboxylic acids is 2. The first-order valence-corrected chi connectivity index (χ1v) is 11.2. The number of rotatable bonds is 9. The van der Waals surface area contributed by atoms with Crippen molar-refractivity contribution >= 4 is 12.0 Å². The first-order valence-electron chi connectivity index (χ1n) is 11.2. The Morgan fingerprint density at radius 2 is 1.59 bits per heavy atom. The molecule has 0 aliphatic rings. The maximum Gasteiger partial charge on any atom is 0.407 e. The fourth-order valence-electron chi connectivity index (χ4n) is 3.10. The van der Waals surface area contributed by atoms with Crippen molar-refractivity contribution < 1.29 is 19.1 Å². The number of aromatic nitrogens is 1. The summed E-state index contributed by atoms with van der Waals surface area (Å²) < 4.78 is 10.8. The van der Waals surface area contributed by atoms with Gasteiger partial charge in [0.25, 0.3) is 0 Å². The van der Waals surface area contributed by atoms with Crippen LogP contribution < -0.4 is 15.4 Å². The van der Waals surface area contributed by atoms with Crippen LogP contribution in [0.2, 0.25) is 0 Å². The summed E-state index contributed by atoms with van der Waals surface area (Å²) in [7, 11) is 0. The minimum atomic E-state index is -0.525. The Kier molecular flexibility index (Phi) is 8.62. The van der Waals surface area contributed by atoms with Crippen molar-refractivity contribution in [2.45, 2.75) is 39.3 Å². The van der Waals surface area contributed by atoms with Crippen molar-refractivity contribution in [1.82, 2.24) is 15.6 Å². The molecule has 0 bridgehead atoms. The van der Waals surface area contributed by atoms with Crippen molar-refractivity contribution in [2.24, 2.45) is 0 Å². The van der Waals surface area contributed by atoms with Crippen molar-refractivity contribution in [3.8, 4) is 16.9 Å². The molecule has 0 saturated carbocycles. The number of hydrogen-bond donors (Lipinski definition) is 2. The molecule has 0 aliphatic heterocycles. The van der Waals surface area contributed by atoms with Gasteiger partial charge in [0.15, 0.2) is 0 Å². The Balaban J connectivity index is 1.42. The van der Waals surface area contributed by atoms with Crippen LogP contribution in [0, 0.1) is 0 Å². The van der Waals surface area contributed by atoms with Crippen molar-refractivity contribution in [1.29, 1.82) is 0 Å². The fourth-order valence-corrected chi connectivity index (χ4v) is 3.10. The molecule has 34 heavy (non-hydrogen) atoms. The van der Waals surface area contributed by atoms with E-state index in [1.807, 2.05) is 87.5 Å². The fraction of sp³-hybridized carbons (Fsp3) is 0.296. The average molecular weight is 462 g/mol. The normalized spacial score (nSPS) is 10.9. The van der Waals surface area contributed by atoms with E-state index in [4.69, 9.17) is 9.47 Å². The second-order valence-electron chi connectivity index (χ2n) is 8.78. The third kappa shape index (κ3) is 8.58. The minimum absolute atomic E-state index is 0.0632. The van der Waals surface area contributed by atoms with Gasteiger partial charge in [0.05, 0.1) is 13.0 Å². The molecule has 0 unspecified atom stereocenters. The summed E-state index contributed by atoms with van der Waals surface area (Å²) in [6.07, 6.45) is 1.54. The smallest absolute Gasteiger partial charge is 0.407 e. The van der Waals surface area contributed by atoms with Gasteiger partial charge < -0.3 is 20.1 Å². The van der Waals surface area contributed by atoms with Crippen LogP contribution in [0.1, 0.15) is 32.0 Å². The third-order valence-electron chi connectivity index (χ3n) is 4.73. The topological polar surface area (TPSA) is 89.5 Å². The lowest BCUT2D eigenvalue weighted by atomic mass is 10.1. The van der Waals surface area contributed by atoms with E-state index in [-0.39, 0.29) is 12.3 Å². The molecule has 3 rings (SSSR count). The number of ether oxygens (including phenoxy) is 2. The summed E-state index contributed by atoms with van der Waals surface area (Å²) in [5.74, 6) is 0.640. The molecule has 1 heterocycles. The Morgan fingerprint density at radius 3 is 2.24 bits per heavy atom. The number of pyridine rings is 1. The van der Waals surface area contributed by atoms with Crippen LogP contribution in [0.25, 0.3) is 11.1 Å². The highest BCUT2D eigenvalue weighted by Gasteiger charge is 2.15. The zero-order valence-electron chi connectivity index (χ0n) is 19.8. The van der Waals surface area contributed by atoms with Gasteiger partial charge in [0.2, 0.25) is 5.91 Å². The molecule has 0 saturated heterocycles. The van der Waals surface area contributed by atoms with Gasteiger partial charge in [-0.05, 0) is 50.1 Å². The number of nitrogens with zero attached hydrogens (tertiary/aromatic N) is 1. The first-order chi connectivity index (χ1) is 16.3. The number of alkyl carbamates (subject to hydrolysis) is 1. The van der Waals surface area contributed by atoms with E-state index >= 15 is 0 Å². The molecule has 0 aliphatic carbocycles. The van der Waals surface area contributed by atoms with Gasteiger partial charge in [0.1, 0.15) is 18.0 Å². The molecule has 7 heteroatoms. The Hall–Kier alpha value is -3.87. The van der Waals surface area contributed by atoms with Crippen molar-refractivity contribution in [2.75, 3.05) is 13.2 Å². The quantitative estimate of drug-likeness (QED) is 0.458. The first kappa shape index (κ1) is 24.8. The van der Waals surface area contributed by atoms with E-state index in [1.54, 1.807) is 6.20 Å². The van der Waals surface area contributed by atoms with E-state index in [1.165, 1.54) is 0 Å². The lowest BCUT2D eigenvalue weighted by Gasteiger charge is -2.19. The van der Waals surface area contributed by atoms with Crippen LogP contribution in [0.15, 0.2) is 72.9 Å². The highest BCUT2D eigenvalue weighted by atomic mass is 16.6. The predicted molar refractivity (Wildman–Crippen MR) is 131 cm³/mol. The summed E-state index contributed by atoms with van der Waals surface area (Å²) in [4.78, 5) is 28.2. The summed E-state index contributed by atoms with van der Waals surface area (Å²) >= 11 is 0. The maximum absolute atomic E-state index is 12.2. The molecular weight excluding hydrogens is 430 g/mol. The number of hydrogen-bond acceptors (Lipinski definition) is 5. The van der Waals surface area contributed by atoms with Gasteiger partial charge >= 0.3 is 6.09 Å². The summed E-state index contributed by atoms with van der Waals surface area (Å²) in [6.45, 7) is 6.64. The van der Waals surface area contributed by atoms with Gasteiger partial charge in [0, 0.05) is 24.0 Å². The van der Waals surface area contributed by atoms with Crippen LogP contribution in [0.3, 0.4) is 0 Å². The minimum Gasteiger partial charge on any atom is -0.492 e. The van der Waals surface area contributed by atoms with E-state index in [2.05, 4.69) is 15.6 Å². The zero-order chi connectivity index (χ0) is 24.4. The molecule has 2 N–H and O–H groups in total. The second-order valence-corrected chi connectivity index (χ2v) is 8.78. The van der Waals surface area contributed by atoms with Gasteiger partial charge in [-0.15, -0.1) is 0 Å². The lowest BCUT2D eigenvalue weighted by molar-refractivity contribution is -0.120. The van der Waals surface area contributed by atoms with Crippen molar-refractivity contribution in [3.05, 3.63) is 84.2 Å². The molecule has 7 nitrogen and oxygen atoms in total. The Labute approximate surface area is 200 Å². The van der Waals surface area contributed by atoms with E-state index in [0.29, 0.717) is 31.1 Å². The molecular formula is C27H31N3O4. The highest BCUT2D eigenvalue weighted by Crippen LogP contribution is 2.22. The molecule has 0 fully saturated rings. The SMILES string of the molecule is CC(C)(C)OC(=O)NCCOc1ccc(-c2ccc(CC(=O)NCc3ccccc3)nc2)cc1. The van der Waals surface area contributed by atoms with Crippen LogP contribution in [-0.2, 0) is 22.5 Å². The zero-order valence-corrected chi connectivity index (χ0v) is 19.8. The number of benzene rings is 2. The van der Waals surface area contributed by atoms with Gasteiger partial charge in [-0.25, -0.2) is 4.79 Å². The number of nitrogens with one attached hydrogen (secondary N) is 2. The molecule has 2 aromatic carbocycles. The molecule has 3 aromatic rings. The molecule has 1 aromatic heterocycles. The van der Waals surface area contributed by atoms with E-state index < -0.39 is 11.7 Å². The molecule has 0 radical (unpaired) electrons.